The monoisotopic (exact) mass is 598 g/mol. The average molecular weight is 599 g/mol. The van der Waals surface area contributed by atoms with Crippen LogP contribution in [0.3, 0.4) is 0 Å². The SMILES string of the molecule is Cc1cc2sc(-c3cc4c(=O)c5cc6c(cc5c4s3)c(=O)c3cc(-c4cc5sc(C)cc5s4)sc36)cc2s1. The fourth-order valence-corrected chi connectivity index (χ4v) is 12.7. The zero-order valence-corrected chi connectivity index (χ0v) is 24.8. The van der Waals surface area contributed by atoms with E-state index in [9.17, 15) is 9.59 Å². The van der Waals surface area contributed by atoms with Crippen LogP contribution in [0.2, 0.25) is 0 Å². The molecule has 0 saturated carbocycles. The summed E-state index contributed by atoms with van der Waals surface area (Å²) < 4.78 is 7.19. The van der Waals surface area contributed by atoms with Gasteiger partial charge >= 0.3 is 0 Å². The quantitative estimate of drug-likeness (QED) is 0.198. The zero-order valence-electron chi connectivity index (χ0n) is 19.9. The van der Waals surface area contributed by atoms with E-state index >= 15 is 0 Å². The molecule has 0 aliphatic heterocycles. The van der Waals surface area contributed by atoms with Crippen LogP contribution in [-0.4, -0.2) is 0 Å². The van der Waals surface area contributed by atoms with Gasteiger partial charge in [-0.25, -0.2) is 0 Å². The highest BCUT2D eigenvalue weighted by Crippen LogP contribution is 2.46. The highest BCUT2D eigenvalue weighted by molar-refractivity contribution is 7.33. The summed E-state index contributed by atoms with van der Waals surface area (Å²) in [5.41, 5.74) is 0.141. The van der Waals surface area contributed by atoms with Crippen molar-refractivity contribution >= 4 is 129 Å². The smallest absolute Gasteiger partial charge is 0.195 e. The zero-order chi connectivity index (χ0) is 25.4. The first-order chi connectivity index (χ1) is 18.4. The molecule has 6 heterocycles. The first-order valence-electron chi connectivity index (χ1n) is 12.0. The van der Waals surface area contributed by atoms with E-state index in [1.807, 2.05) is 34.8 Å². The van der Waals surface area contributed by atoms with E-state index in [0.29, 0.717) is 0 Å². The predicted octanol–water partition coefficient (Wildman–Crippen LogP) is 10.5. The molecule has 0 N–H and O–H groups in total. The summed E-state index contributed by atoms with van der Waals surface area (Å²) in [6.07, 6.45) is 0. The number of aryl methyl sites for hydroxylation is 2. The molecule has 0 unspecified atom stereocenters. The Kier molecular flexibility index (Phi) is 4.35. The number of thiophene rings is 6. The molecule has 0 aliphatic rings. The van der Waals surface area contributed by atoms with Gasteiger partial charge in [0.15, 0.2) is 10.9 Å². The Morgan fingerprint density at radius 1 is 0.395 bits per heavy atom. The Bertz CT molecular complexity index is 2290. The van der Waals surface area contributed by atoms with Crippen LogP contribution in [-0.2, 0) is 0 Å². The van der Waals surface area contributed by atoms with Gasteiger partial charge in [0.25, 0.3) is 0 Å². The van der Waals surface area contributed by atoms with E-state index < -0.39 is 0 Å². The van der Waals surface area contributed by atoms with Crippen LogP contribution < -0.4 is 10.9 Å². The molecule has 2 nitrogen and oxygen atoms in total. The van der Waals surface area contributed by atoms with Gasteiger partial charge in [0.05, 0.1) is 0 Å². The normalized spacial score (nSPS) is 12.7. The van der Waals surface area contributed by atoms with Crippen molar-refractivity contribution in [2.45, 2.75) is 13.8 Å². The van der Waals surface area contributed by atoms with E-state index in [4.69, 9.17) is 0 Å². The molecule has 38 heavy (non-hydrogen) atoms. The number of rotatable bonds is 2. The maximum absolute atomic E-state index is 13.6. The molecule has 9 rings (SSSR count). The van der Waals surface area contributed by atoms with Crippen molar-refractivity contribution in [1.29, 1.82) is 0 Å². The second kappa shape index (κ2) is 7.47. The number of fused-ring (bicyclic) bond motifs is 8. The molecule has 0 saturated heterocycles. The summed E-state index contributed by atoms with van der Waals surface area (Å²) in [6, 6.07) is 17.0. The third-order valence-corrected chi connectivity index (χ3v) is 14.4. The van der Waals surface area contributed by atoms with Crippen molar-refractivity contribution in [2.75, 3.05) is 0 Å². The van der Waals surface area contributed by atoms with E-state index in [-0.39, 0.29) is 10.9 Å². The molecule has 9 aromatic rings. The van der Waals surface area contributed by atoms with E-state index in [1.54, 1.807) is 45.3 Å². The average Bonchev–Trinajstić information content (AvgIpc) is 3.70. The number of benzene rings is 1. The van der Waals surface area contributed by atoms with Gasteiger partial charge < -0.3 is 0 Å². The van der Waals surface area contributed by atoms with Crippen molar-refractivity contribution in [2.24, 2.45) is 0 Å². The van der Waals surface area contributed by atoms with Crippen molar-refractivity contribution in [1.82, 2.24) is 0 Å². The lowest BCUT2D eigenvalue weighted by molar-refractivity contribution is 1.66. The second-order valence-electron chi connectivity index (χ2n) is 9.70. The van der Waals surface area contributed by atoms with Crippen molar-refractivity contribution in [3.63, 3.8) is 0 Å². The Balaban J connectivity index is 1.23. The van der Waals surface area contributed by atoms with Gasteiger partial charge in [0.2, 0.25) is 0 Å². The molecule has 0 amide bonds. The lowest BCUT2D eigenvalue weighted by Gasteiger charge is -1.94. The summed E-state index contributed by atoms with van der Waals surface area (Å²) in [4.78, 5) is 34.4. The van der Waals surface area contributed by atoms with Crippen LogP contribution in [0.4, 0.5) is 0 Å². The number of hydrogen-bond acceptors (Lipinski definition) is 8. The third kappa shape index (κ3) is 2.90. The molecule has 8 heteroatoms. The van der Waals surface area contributed by atoms with Crippen LogP contribution in [0.15, 0.2) is 58.1 Å². The first kappa shape index (κ1) is 22.1. The third-order valence-electron chi connectivity index (χ3n) is 7.24. The molecular weight excluding hydrogens is 585 g/mol. The Labute approximate surface area is 239 Å². The topological polar surface area (TPSA) is 34.1 Å². The predicted molar refractivity (Wildman–Crippen MR) is 174 cm³/mol. The van der Waals surface area contributed by atoms with Gasteiger partial charge in [-0.05, 0) is 62.4 Å². The lowest BCUT2D eigenvalue weighted by atomic mass is 10.1. The number of hydrogen-bond donors (Lipinski definition) is 0. The molecule has 0 bridgehead atoms. The van der Waals surface area contributed by atoms with Crippen LogP contribution in [0.5, 0.6) is 0 Å². The Hall–Kier alpha value is -2.72. The molecule has 0 radical (unpaired) electrons. The first-order valence-corrected chi connectivity index (χ1v) is 16.9. The van der Waals surface area contributed by atoms with Gasteiger partial charge in [-0.15, -0.1) is 68.0 Å². The maximum atomic E-state index is 13.6. The summed E-state index contributed by atoms with van der Waals surface area (Å²) in [5.74, 6) is 0. The van der Waals surface area contributed by atoms with E-state index in [1.165, 1.54) is 38.3 Å². The van der Waals surface area contributed by atoms with Gasteiger partial charge in [-0.2, -0.15) is 0 Å². The molecule has 6 aromatic heterocycles. The minimum atomic E-state index is 0.0704. The molecule has 0 fully saturated rings. The summed E-state index contributed by atoms with van der Waals surface area (Å²) in [6.45, 7) is 4.27. The molecule has 0 spiro atoms. The van der Waals surface area contributed by atoms with Gasteiger partial charge in [0, 0.05) is 89.8 Å². The lowest BCUT2D eigenvalue weighted by Crippen LogP contribution is -1.95. The van der Waals surface area contributed by atoms with Crippen molar-refractivity contribution in [3.8, 4) is 19.5 Å². The molecule has 0 aliphatic carbocycles. The highest BCUT2D eigenvalue weighted by atomic mass is 32.1. The second-order valence-corrected chi connectivity index (χ2v) is 16.5. The van der Waals surface area contributed by atoms with Crippen LogP contribution in [0.1, 0.15) is 9.75 Å². The molecule has 0 atom stereocenters. The van der Waals surface area contributed by atoms with Gasteiger partial charge in [-0.3, -0.25) is 9.59 Å². The largest absolute Gasteiger partial charge is 0.289 e. The maximum Gasteiger partial charge on any atom is 0.195 e. The van der Waals surface area contributed by atoms with Crippen LogP contribution in [0.25, 0.3) is 80.0 Å². The Morgan fingerprint density at radius 2 is 0.789 bits per heavy atom. The molecule has 3 aromatic carbocycles. The molecule has 182 valence electrons. The molecular formula is C30H14O2S6. The summed E-state index contributed by atoms with van der Waals surface area (Å²) in [5, 5.41) is 4.80. The van der Waals surface area contributed by atoms with E-state index in [2.05, 4.69) is 50.2 Å². The fraction of sp³-hybridized carbons (Fsp3) is 0.0667. The standard InChI is InChI=1S/C30H14O2S6/c1-11-3-19-23(33-11)9-25(35-19)21-7-17-27(31)13-6-16-14(5-15(13)29(17)37-21)28(32)18-8-22(38-30(16)18)26-10-24-20(36-26)4-12(2)34-24/h3-10H,1-2H3. The van der Waals surface area contributed by atoms with Crippen molar-refractivity contribution < 1.29 is 0 Å². The fourth-order valence-electron chi connectivity index (χ4n) is 5.56. The van der Waals surface area contributed by atoms with Crippen molar-refractivity contribution in [3.05, 3.63) is 78.7 Å². The van der Waals surface area contributed by atoms with Gasteiger partial charge in [0.1, 0.15) is 0 Å². The van der Waals surface area contributed by atoms with Gasteiger partial charge in [-0.1, -0.05) is 0 Å². The van der Waals surface area contributed by atoms with Crippen LogP contribution in [0, 0.1) is 13.8 Å². The van der Waals surface area contributed by atoms with Crippen LogP contribution >= 0.6 is 68.0 Å². The van der Waals surface area contributed by atoms with E-state index in [0.717, 1.165) is 51.5 Å². The Morgan fingerprint density at radius 3 is 1.21 bits per heavy atom. The minimum Gasteiger partial charge on any atom is -0.289 e. The summed E-state index contributed by atoms with van der Waals surface area (Å²) >= 11 is 10.5. The summed E-state index contributed by atoms with van der Waals surface area (Å²) in [7, 11) is 0. The highest BCUT2D eigenvalue weighted by Gasteiger charge is 2.21. The minimum absolute atomic E-state index is 0.0704.